The van der Waals surface area contributed by atoms with Crippen molar-refractivity contribution < 1.29 is 0 Å². The maximum Gasteiger partial charge on any atom is 0.0746 e. The van der Waals surface area contributed by atoms with Crippen molar-refractivity contribution in [2.75, 3.05) is 0 Å². The Hall–Kier alpha value is -1.70. The van der Waals surface area contributed by atoms with Gasteiger partial charge in [0.15, 0.2) is 0 Å². The molecule has 0 bridgehead atoms. The lowest BCUT2D eigenvalue weighted by Crippen LogP contribution is -1.86. The molecule has 0 saturated carbocycles. The van der Waals surface area contributed by atoms with E-state index in [-0.39, 0.29) is 0 Å². The molecular weight excluding hydrogens is 184 g/mol. The smallest absolute Gasteiger partial charge is 0.0746 e. The Labute approximate surface area is 91.0 Å². The second kappa shape index (κ2) is 5.91. The molecule has 0 aliphatic heterocycles. The molecule has 2 rings (SSSR count). The molecule has 0 aromatic carbocycles. The van der Waals surface area contributed by atoms with E-state index >= 15 is 0 Å². The van der Waals surface area contributed by atoms with E-state index in [1.165, 1.54) is 5.56 Å². The van der Waals surface area contributed by atoms with Gasteiger partial charge in [0.1, 0.15) is 0 Å². The number of aromatic nitrogens is 2. The largest absolute Gasteiger partial charge is 0.264 e. The van der Waals surface area contributed by atoms with Crippen LogP contribution >= 0.6 is 0 Å². The monoisotopic (exact) mass is 200 g/mol. The van der Waals surface area contributed by atoms with Gasteiger partial charge < -0.3 is 0 Å². The Morgan fingerprint density at radius 3 is 2.33 bits per heavy atom. The first-order chi connectivity index (χ1) is 7.38. The fraction of sp³-hybridized carbons (Fsp3) is 0.231. The SMILES string of the molecule is CC.Cc1cccnc1-c1cccnc1. The number of pyridine rings is 2. The summed E-state index contributed by atoms with van der Waals surface area (Å²) in [4.78, 5) is 8.37. The van der Waals surface area contributed by atoms with E-state index in [1.54, 1.807) is 12.4 Å². The van der Waals surface area contributed by atoms with Crippen LogP contribution in [0.25, 0.3) is 11.3 Å². The van der Waals surface area contributed by atoms with Crippen LogP contribution in [0.2, 0.25) is 0 Å². The molecule has 0 unspecified atom stereocenters. The normalized spacial score (nSPS) is 9.00. The first-order valence-corrected chi connectivity index (χ1v) is 5.20. The lowest BCUT2D eigenvalue weighted by molar-refractivity contribution is 1.24. The molecule has 0 amide bonds. The van der Waals surface area contributed by atoms with Crippen molar-refractivity contribution in [2.45, 2.75) is 20.8 Å². The first-order valence-electron chi connectivity index (χ1n) is 5.20. The lowest BCUT2D eigenvalue weighted by Gasteiger charge is -2.02. The quantitative estimate of drug-likeness (QED) is 0.704. The third-order valence-corrected chi connectivity index (χ3v) is 1.94. The molecule has 0 spiro atoms. The number of hydrogen-bond donors (Lipinski definition) is 0. The summed E-state index contributed by atoms with van der Waals surface area (Å²) in [6, 6.07) is 7.93. The molecule has 78 valence electrons. The molecule has 0 radical (unpaired) electrons. The molecule has 0 aliphatic carbocycles. The van der Waals surface area contributed by atoms with E-state index in [4.69, 9.17) is 0 Å². The van der Waals surface area contributed by atoms with Crippen molar-refractivity contribution in [1.29, 1.82) is 0 Å². The van der Waals surface area contributed by atoms with Gasteiger partial charge in [0.05, 0.1) is 5.69 Å². The van der Waals surface area contributed by atoms with Gasteiger partial charge in [-0.3, -0.25) is 9.97 Å². The molecule has 2 heteroatoms. The van der Waals surface area contributed by atoms with Crippen LogP contribution in [-0.4, -0.2) is 9.97 Å². The predicted octanol–water partition coefficient (Wildman–Crippen LogP) is 3.48. The van der Waals surface area contributed by atoms with Gasteiger partial charge in [-0.05, 0) is 30.7 Å². The minimum Gasteiger partial charge on any atom is -0.264 e. The second-order valence-electron chi connectivity index (χ2n) is 2.91. The fourth-order valence-corrected chi connectivity index (χ4v) is 1.29. The second-order valence-corrected chi connectivity index (χ2v) is 2.91. The van der Waals surface area contributed by atoms with Crippen LogP contribution in [0.3, 0.4) is 0 Å². The van der Waals surface area contributed by atoms with Crippen LogP contribution in [0.4, 0.5) is 0 Å². The summed E-state index contributed by atoms with van der Waals surface area (Å²) in [5.74, 6) is 0. The molecule has 2 nitrogen and oxygen atoms in total. The van der Waals surface area contributed by atoms with Gasteiger partial charge in [-0.2, -0.15) is 0 Å². The molecule has 2 heterocycles. The molecule has 0 aliphatic rings. The van der Waals surface area contributed by atoms with Crippen LogP contribution in [0.5, 0.6) is 0 Å². The third-order valence-electron chi connectivity index (χ3n) is 1.94. The van der Waals surface area contributed by atoms with Gasteiger partial charge >= 0.3 is 0 Å². The summed E-state index contributed by atoms with van der Waals surface area (Å²) >= 11 is 0. The average Bonchev–Trinajstić information content (AvgIpc) is 2.33. The predicted molar refractivity (Wildman–Crippen MR) is 63.6 cm³/mol. The highest BCUT2D eigenvalue weighted by Gasteiger charge is 2.00. The van der Waals surface area contributed by atoms with Gasteiger partial charge in [-0.1, -0.05) is 19.9 Å². The zero-order chi connectivity index (χ0) is 11.1. The Morgan fingerprint density at radius 1 is 1.00 bits per heavy atom. The van der Waals surface area contributed by atoms with Crippen LogP contribution in [-0.2, 0) is 0 Å². The van der Waals surface area contributed by atoms with E-state index in [0.29, 0.717) is 0 Å². The van der Waals surface area contributed by atoms with Crippen molar-refractivity contribution in [3.8, 4) is 11.3 Å². The van der Waals surface area contributed by atoms with Crippen LogP contribution in [0.1, 0.15) is 19.4 Å². The van der Waals surface area contributed by atoms with E-state index in [0.717, 1.165) is 11.3 Å². The Bertz CT molecular complexity index is 396. The molecule has 2 aromatic rings. The van der Waals surface area contributed by atoms with Crippen molar-refractivity contribution in [2.24, 2.45) is 0 Å². The minimum absolute atomic E-state index is 1.01. The molecular formula is C13H16N2. The van der Waals surface area contributed by atoms with E-state index < -0.39 is 0 Å². The minimum atomic E-state index is 1.01. The molecule has 0 saturated heterocycles. The van der Waals surface area contributed by atoms with Crippen molar-refractivity contribution in [3.63, 3.8) is 0 Å². The summed E-state index contributed by atoms with van der Waals surface area (Å²) in [6.45, 7) is 6.05. The Morgan fingerprint density at radius 2 is 1.73 bits per heavy atom. The van der Waals surface area contributed by atoms with Gasteiger partial charge in [0.2, 0.25) is 0 Å². The van der Waals surface area contributed by atoms with Crippen LogP contribution in [0, 0.1) is 6.92 Å². The molecule has 15 heavy (non-hydrogen) atoms. The summed E-state index contributed by atoms with van der Waals surface area (Å²) in [5.41, 5.74) is 3.26. The maximum atomic E-state index is 4.31. The first kappa shape index (κ1) is 11.4. The number of rotatable bonds is 1. The number of hydrogen-bond acceptors (Lipinski definition) is 2. The summed E-state index contributed by atoms with van der Waals surface area (Å²) in [5, 5.41) is 0. The maximum absolute atomic E-state index is 4.31. The van der Waals surface area contributed by atoms with E-state index in [9.17, 15) is 0 Å². The van der Waals surface area contributed by atoms with Crippen molar-refractivity contribution >= 4 is 0 Å². The Kier molecular flexibility index (Phi) is 4.48. The van der Waals surface area contributed by atoms with Crippen molar-refractivity contribution in [3.05, 3.63) is 48.4 Å². The molecule has 0 N–H and O–H groups in total. The standard InChI is InChI=1S/C11H10N2.C2H6/c1-9-4-2-7-13-11(9)10-5-3-6-12-8-10;1-2/h2-8H,1H3;1-2H3. The molecule has 0 fully saturated rings. The zero-order valence-corrected chi connectivity index (χ0v) is 9.44. The van der Waals surface area contributed by atoms with Gasteiger partial charge in [-0.25, -0.2) is 0 Å². The highest BCUT2D eigenvalue weighted by atomic mass is 14.7. The number of aryl methyl sites for hydroxylation is 1. The lowest BCUT2D eigenvalue weighted by atomic mass is 10.1. The van der Waals surface area contributed by atoms with Gasteiger partial charge in [-0.15, -0.1) is 0 Å². The van der Waals surface area contributed by atoms with Crippen LogP contribution in [0.15, 0.2) is 42.9 Å². The van der Waals surface area contributed by atoms with E-state index in [2.05, 4.69) is 23.0 Å². The topological polar surface area (TPSA) is 25.8 Å². The zero-order valence-electron chi connectivity index (χ0n) is 9.44. The summed E-state index contributed by atoms with van der Waals surface area (Å²) in [7, 11) is 0. The highest BCUT2D eigenvalue weighted by molar-refractivity contribution is 5.61. The highest BCUT2D eigenvalue weighted by Crippen LogP contribution is 2.18. The average molecular weight is 200 g/mol. The fourth-order valence-electron chi connectivity index (χ4n) is 1.29. The Balaban J connectivity index is 0.000000531. The summed E-state index contributed by atoms with van der Waals surface area (Å²) in [6.07, 6.45) is 5.40. The third kappa shape index (κ3) is 2.88. The summed E-state index contributed by atoms with van der Waals surface area (Å²) < 4.78 is 0. The number of nitrogens with zero attached hydrogens (tertiary/aromatic N) is 2. The van der Waals surface area contributed by atoms with Gasteiger partial charge in [0.25, 0.3) is 0 Å². The van der Waals surface area contributed by atoms with Gasteiger partial charge in [0, 0.05) is 24.2 Å². The van der Waals surface area contributed by atoms with Crippen molar-refractivity contribution in [1.82, 2.24) is 9.97 Å². The molecule has 0 atom stereocenters. The van der Waals surface area contributed by atoms with Crippen LogP contribution < -0.4 is 0 Å². The molecule has 2 aromatic heterocycles. The van der Waals surface area contributed by atoms with E-state index in [1.807, 2.05) is 38.2 Å².